The number of carbonyl (C=O) groups is 1. The zero-order valence-corrected chi connectivity index (χ0v) is 18.5. The molecule has 0 unspecified atom stereocenters. The molecule has 5 nitrogen and oxygen atoms in total. The summed E-state index contributed by atoms with van der Waals surface area (Å²) in [6.45, 7) is 3.86. The van der Waals surface area contributed by atoms with Crippen LogP contribution in [0, 0.1) is 13.8 Å². The summed E-state index contributed by atoms with van der Waals surface area (Å²) in [4.78, 5) is 30.5. The molecule has 2 aromatic carbocycles. The number of hydrogen-bond acceptors (Lipinski definition) is 3. The zero-order valence-electron chi connectivity index (χ0n) is 18.5. The van der Waals surface area contributed by atoms with Crippen molar-refractivity contribution >= 4 is 22.5 Å². The fourth-order valence-electron chi connectivity index (χ4n) is 4.56. The molecule has 0 radical (unpaired) electrons. The first kappa shape index (κ1) is 20.2. The Labute approximate surface area is 186 Å². The molecule has 2 aromatic heterocycles. The number of hydrogen-bond donors (Lipinski definition) is 1. The molecule has 32 heavy (non-hydrogen) atoms. The number of benzene rings is 2. The van der Waals surface area contributed by atoms with Gasteiger partial charge in [0.15, 0.2) is 0 Å². The van der Waals surface area contributed by atoms with Crippen LogP contribution in [0.1, 0.15) is 39.2 Å². The molecule has 2 heterocycles. The average Bonchev–Trinajstić information content (AvgIpc) is 3.25. The fourth-order valence-corrected chi connectivity index (χ4v) is 4.56. The van der Waals surface area contributed by atoms with Crippen molar-refractivity contribution in [2.75, 3.05) is 5.32 Å². The highest BCUT2D eigenvalue weighted by molar-refractivity contribution is 6.05. The molecule has 0 saturated carbocycles. The van der Waals surface area contributed by atoms with Gasteiger partial charge in [0.25, 0.3) is 11.5 Å². The fraction of sp³-hybridized carbons (Fsp3) is 0.222. The van der Waals surface area contributed by atoms with E-state index in [1.54, 1.807) is 23.9 Å². The van der Waals surface area contributed by atoms with Crippen molar-refractivity contribution in [3.63, 3.8) is 0 Å². The zero-order chi connectivity index (χ0) is 22.4. The highest BCUT2D eigenvalue weighted by Crippen LogP contribution is 2.27. The minimum absolute atomic E-state index is 0.0950. The van der Waals surface area contributed by atoms with Crippen LogP contribution in [0.5, 0.6) is 0 Å². The minimum atomic E-state index is -0.181. The number of pyridine rings is 2. The van der Waals surface area contributed by atoms with Gasteiger partial charge in [-0.3, -0.25) is 14.6 Å². The number of amides is 1. The number of anilines is 1. The maximum Gasteiger partial charge on any atom is 0.258 e. The second-order valence-corrected chi connectivity index (χ2v) is 8.63. The van der Waals surface area contributed by atoms with E-state index >= 15 is 0 Å². The summed E-state index contributed by atoms with van der Waals surface area (Å²) in [7, 11) is 1.77. The summed E-state index contributed by atoms with van der Waals surface area (Å²) in [6.07, 6.45) is 5.13. The van der Waals surface area contributed by atoms with Crippen molar-refractivity contribution in [1.29, 1.82) is 0 Å². The molecule has 0 aliphatic heterocycles. The van der Waals surface area contributed by atoms with Crippen LogP contribution in [-0.4, -0.2) is 15.5 Å². The summed E-state index contributed by atoms with van der Waals surface area (Å²) in [5, 5.41) is 3.90. The van der Waals surface area contributed by atoms with Gasteiger partial charge in [0.05, 0.1) is 5.52 Å². The number of nitrogens with one attached hydrogen (secondary N) is 1. The number of rotatable bonds is 3. The number of aromatic nitrogens is 2. The number of fused-ring (bicyclic) bond motifs is 2. The second kappa shape index (κ2) is 7.75. The van der Waals surface area contributed by atoms with E-state index in [1.165, 1.54) is 17.5 Å². The van der Waals surface area contributed by atoms with Crippen LogP contribution < -0.4 is 10.9 Å². The summed E-state index contributed by atoms with van der Waals surface area (Å²) >= 11 is 0. The highest BCUT2D eigenvalue weighted by Gasteiger charge is 2.16. The van der Waals surface area contributed by atoms with Gasteiger partial charge in [0.2, 0.25) is 0 Å². The standard InChI is InChI=1S/C27H25N3O2/c1-16-7-8-20(26(31)29-22-10-9-18-5-4-6-19(18)12-22)13-23(16)24-14-21-15-28-17(2)11-25(21)30(3)27(24)32/h7-15H,4-6H2,1-3H3,(H,29,31). The number of carbonyl (C=O) groups excluding carboxylic acids is 1. The molecule has 1 aliphatic rings. The first-order chi connectivity index (χ1) is 15.4. The second-order valence-electron chi connectivity index (χ2n) is 8.63. The lowest BCUT2D eigenvalue weighted by Crippen LogP contribution is -2.20. The summed E-state index contributed by atoms with van der Waals surface area (Å²) in [5.74, 6) is -0.181. The molecule has 0 fully saturated rings. The Bertz CT molecular complexity index is 1450. The van der Waals surface area contributed by atoms with Crippen molar-refractivity contribution in [2.24, 2.45) is 7.05 Å². The van der Waals surface area contributed by atoms with Crippen molar-refractivity contribution in [3.05, 3.63) is 93.0 Å². The topological polar surface area (TPSA) is 64.0 Å². The molecule has 1 N–H and O–H groups in total. The van der Waals surface area contributed by atoms with E-state index in [9.17, 15) is 9.59 Å². The van der Waals surface area contributed by atoms with Crippen LogP contribution in [0.15, 0.2) is 59.5 Å². The van der Waals surface area contributed by atoms with E-state index in [-0.39, 0.29) is 11.5 Å². The van der Waals surface area contributed by atoms with Gasteiger partial charge >= 0.3 is 0 Å². The average molecular weight is 424 g/mol. The molecule has 4 aromatic rings. The predicted molar refractivity (Wildman–Crippen MR) is 128 cm³/mol. The molecular formula is C27H25N3O2. The first-order valence-electron chi connectivity index (χ1n) is 10.9. The van der Waals surface area contributed by atoms with Gasteiger partial charge < -0.3 is 9.88 Å². The quantitative estimate of drug-likeness (QED) is 0.507. The molecule has 0 bridgehead atoms. The van der Waals surface area contributed by atoms with Crippen LogP contribution in [-0.2, 0) is 19.9 Å². The van der Waals surface area contributed by atoms with E-state index in [1.807, 2.05) is 44.2 Å². The van der Waals surface area contributed by atoms with Gasteiger partial charge in [-0.15, -0.1) is 0 Å². The van der Waals surface area contributed by atoms with E-state index in [0.717, 1.165) is 46.3 Å². The Kier molecular flexibility index (Phi) is 4.89. The highest BCUT2D eigenvalue weighted by atomic mass is 16.1. The first-order valence-corrected chi connectivity index (χ1v) is 10.9. The Morgan fingerprint density at radius 1 is 0.969 bits per heavy atom. The summed E-state index contributed by atoms with van der Waals surface area (Å²) in [5.41, 5.74) is 7.89. The van der Waals surface area contributed by atoms with Crippen LogP contribution in [0.2, 0.25) is 0 Å². The van der Waals surface area contributed by atoms with E-state index < -0.39 is 0 Å². The Hall–Kier alpha value is -3.73. The largest absolute Gasteiger partial charge is 0.322 e. The van der Waals surface area contributed by atoms with Crippen molar-refractivity contribution in [1.82, 2.24) is 9.55 Å². The molecule has 1 aliphatic carbocycles. The third kappa shape index (κ3) is 3.50. The number of aryl methyl sites for hydroxylation is 5. The Morgan fingerprint density at radius 3 is 2.62 bits per heavy atom. The maximum absolute atomic E-state index is 13.2. The van der Waals surface area contributed by atoms with Crippen LogP contribution in [0.3, 0.4) is 0 Å². The monoisotopic (exact) mass is 423 g/mol. The third-order valence-electron chi connectivity index (χ3n) is 6.39. The lowest BCUT2D eigenvalue weighted by atomic mass is 9.97. The summed E-state index contributed by atoms with van der Waals surface area (Å²) < 4.78 is 1.65. The Morgan fingerprint density at radius 2 is 1.78 bits per heavy atom. The third-order valence-corrected chi connectivity index (χ3v) is 6.39. The lowest BCUT2D eigenvalue weighted by molar-refractivity contribution is 0.102. The van der Waals surface area contributed by atoms with Crippen LogP contribution in [0.4, 0.5) is 5.69 Å². The lowest BCUT2D eigenvalue weighted by Gasteiger charge is -2.13. The van der Waals surface area contributed by atoms with Crippen molar-refractivity contribution in [2.45, 2.75) is 33.1 Å². The van der Waals surface area contributed by atoms with Gasteiger partial charge in [-0.25, -0.2) is 0 Å². The molecule has 160 valence electrons. The van der Waals surface area contributed by atoms with Gasteiger partial charge in [0, 0.05) is 41.1 Å². The maximum atomic E-state index is 13.2. The van der Waals surface area contributed by atoms with E-state index in [4.69, 9.17) is 0 Å². The molecule has 0 saturated heterocycles. The van der Waals surface area contributed by atoms with Crippen LogP contribution >= 0.6 is 0 Å². The molecule has 5 rings (SSSR count). The van der Waals surface area contributed by atoms with Gasteiger partial charge in [-0.2, -0.15) is 0 Å². The normalized spacial score (nSPS) is 12.7. The van der Waals surface area contributed by atoms with E-state index in [0.29, 0.717) is 11.1 Å². The predicted octanol–water partition coefficient (Wildman–Crippen LogP) is 4.96. The molecule has 0 spiro atoms. The van der Waals surface area contributed by atoms with Gasteiger partial charge in [0.1, 0.15) is 0 Å². The van der Waals surface area contributed by atoms with Crippen LogP contribution in [0.25, 0.3) is 22.0 Å². The minimum Gasteiger partial charge on any atom is -0.322 e. The molecule has 0 atom stereocenters. The summed E-state index contributed by atoms with van der Waals surface area (Å²) in [6, 6.07) is 15.4. The van der Waals surface area contributed by atoms with Crippen molar-refractivity contribution < 1.29 is 4.79 Å². The SMILES string of the molecule is Cc1cc2c(cn1)cc(-c1cc(C(=O)Nc3ccc4c(c3)CCC4)ccc1C)c(=O)n2C. The molecular weight excluding hydrogens is 398 g/mol. The van der Waals surface area contributed by atoms with Gasteiger partial charge in [-0.1, -0.05) is 12.1 Å². The molecule has 1 amide bonds. The molecule has 5 heteroatoms. The smallest absolute Gasteiger partial charge is 0.258 e. The van der Waals surface area contributed by atoms with Crippen molar-refractivity contribution in [3.8, 4) is 11.1 Å². The van der Waals surface area contributed by atoms with Gasteiger partial charge in [-0.05, 0) is 91.8 Å². The Balaban J connectivity index is 1.53. The number of nitrogens with zero attached hydrogens (tertiary/aromatic N) is 2. The van der Waals surface area contributed by atoms with E-state index in [2.05, 4.69) is 22.4 Å².